The van der Waals surface area contributed by atoms with E-state index in [9.17, 15) is 18.0 Å². The number of pyridine rings is 1. The van der Waals surface area contributed by atoms with Gasteiger partial charge in [0.05, 0.1) is 17.1 Å². The summed E-state index contributed by atoms with van der Waals surface area (Å²) in [5.41, 5.74) is 0.445. The Kier molecular flexibility index (Phi) is 3.85. The van der Waals surface area contributed by atoms with E-state index >= 15 is 0 Å². The molecule has 0 spiro atoms. The van der Waals surface area contributed by atoms with Gasteiger partial charge >= 0.3 is 5.97 Å². The number of aromatic amines is 2. The van der Waals surface area contributed by atoms with Crippen LogP contribution in [0, 0.1) is 0 Å². The Labute approximate surface area is 148 Å². The molecule has 3 aromatic rings. The minimum atomic E-state index is -3.66. The van der Waals surface area contributed by atoms with Crippen molar-refractivity contribution in [2.45, 2.75) is 30.7 Å². The molecule has 0 aliphatic heterocycles. The van der Waals surface area contributed by atoms with Crippen molar-refractivity contribution in [3.05, 3.63) is 40.3 Å². The van der Waals surface area contributed by atoms with Crippen molar-refractivity contribution in [3.8, 4) is 0 Å². The number of nitrogens with one attached hydrogen (secondary N) is 3. The van der Waals surface area contributed by atoms with Crippen LogP contribution in [-0.4, -0.2) is 37.0 Å². The van der Waals surface area contributed by atoms with Gasteiger partial charge in [-0.3, -0.25) is 4.79 Å². The lowest BCUT2D eigenvalue weighted by Gasteiger charge is -2.08. The number of ether oxygens (including phenoxy) is 1. The molecule has 0 bridgehead atoms. The van der Waals surface area contributed by atoms with Crippen molar-refractivity contribution in [1.29, 1.82) is 0 Å². The highest BCUT2D eigenvalue weighted by Gasteiger charge is 2.28. The highest BCUT2D eigenvalue weighted by atomic mass is 32.2. The lowest BCUT2D eigenvalue weighted by Crippen LogP contribution is -2.25. The second-order valence-corrected chi connectivity index (χ2v) is 7.94. The molecule has 9 heteroatoms. The minimum Gasteiger partial charge on any atom is -0.462 e. The summed E-state index contributed by atoms with van der Waals surface area (Å²) in [5.74, 6) is -0.574. The summed E-state index contributed by atoms with van der Waals surface area (Å²) in [5, 5.41) is 0.813. The van der Waals surface area contributed by atoms with Crippen LogP contribution in [0.25, 0.3) is 21.8 Å². The Bertz CT molecular complexity index is 1190. The van der Waals surface area contributed by atoms with E-state index in [0.29, 0.717) is 16.3 Å². The van der Waals surface area contributed by atoms with Gasteiger partial charge in [-0.15, -0.1) is 0 Å². The molecular formula is C17H17N3O5S. The molecule has 3 N–H and O–H groups in total. The maximum absolute atomic E-state index is 12.5. The Morgan fingerprint density at radius 1 is 1.35 bits per heavy atom. The summed E-state index contributed by atoms with van der Waals surface area (Å²) < 4.78 is 32.7. The van der Waals surface area contributed by atoms with Gasteiger partial charge in [0.15, 0.2) is 0 Å². The Morgan fingerprint density at radius 3 is 2.81 bits per heavy atom. The van der Waals surface area contributed by atoms with Gasteiger partial charge in [-0.2, -0.15) is 0 Å². The highest BCUT2D eigenvalue weighted by molar-refractivity contribution is 7.89. The predicted molar refractivity (Wildman–Crippen MR) is 95.7 cm³/mol. The third-order valence-corrected chi connectivity index (χ3v) is 5.84. The second kappa shape index (κ2) is 5.96. The van der Waals surface area contributed by atoms with Crippen LogP contribution >= 0.6 is 0 Å². The van der Waals surface area contributed by atoms with Gasteiger partial charge in [0.1, 0.15) is 5.52 Å². The minimum absolute atomic E-state index is 0.0198. The third kappa shape index (κ3) is 2.78. The molecule has 4 rings (SSSR count). The summed E-state index contributed by atoms with van der Waals surface area (Å²) >= 11 is 0. The summed E-state index contributed by atoms with van der Waals surface area (Å²) in [7, 11) is -3.66. The number of hydrogen-bond donors (Lipinski definition) is 3. The molecule has 8 nitrogen and oxygen atoms in total. The molecule has 2 heterocycles. The van der Waals surface area contributed by atoms with E-state index in [1.807, 2.05) is 0 Å². The van der Waals surface area contributed by atoms with E-state index in [4.69, 9.17) is 4.74 Å². The van der Waals surface area contributed by atoms with Crippen molar-refractivity contribution < 1.29 is 17.9 Å². The van der Waals surface area contributed by atoms with Crippen LogP contribution in [0.3, 0.4) is 0 Å². The molecule has 136 valence electrons. The van der Waals surface area contributed by atoms with Gasteiger partial charge < -0.3 is 14.7 Å². The monoisotopic (exact) mass is 375 g/mol. The standard InChI is InChI=1S/C17H17N3O5S/c1-2-25-17(22)12-8-18-15-14(12)11-7-10(5-6-13(11)19-16(15)21)26(23,24)20-9-3-4-9/h5-9,18,20H,2-4H2,1H3,(H,19,21). The number of carbonyl (C=O) groups is 1. The SMILES string of the molecule is CCOC(=O)c1c[nH]c2c(=O)[nH]c3ccc(S(=O)(=O)NC4CC4)cc3c12. The fraction of sp³-hybridized carbons (Fsp3) is 0.294. The van der Waals surface area contributed by atoms with E-state index in [1.165, 1.54) is 24.4 Å². The normalized spacial score (nSPS) is 14.8. The van der Waals surface area contributed by atoms with Gasteiger partial charge in [0.2, 0.25) is 10.0 Å². The van der Waals surface area contributed by atoms with Crippen molar-refractivity contribution in [3.63, 3.8) is 0 Å². The zero-order valence-electron chi connectivity index (χ0n) is 14.0. The molecule has 1 aromatic carbocycles. The van der Waals surface area contributed by atoms with Crippen molar-refractivity contribution in [2.75, 3.05) is 6.61 Å². The van der Waals surface area contributed by atoms with Crippen LogP contribution in [0.4, 0.5) is 0 Å². The number of hydrogen-bond acceptors (Lipinski definition) is 5. The molecule has 0 atom stereocenters. The van der Waals surface area contributed by atoms with E-state index < -0.39 is 21.6 Å². The zero-order valence-corrected chi connectivity index (χ0v) is 14.8. The molecule has 1 saturated carbocycles. The molecule has 0 unspecified atom stereocenters. The lowest BCUT2D eigenvalue weighted by atomic mass is 10.1. The highest BCUT2D eigenvalue weighted by Crippen LogP contribution is 2.28. The van der Waals surface area contributed by atoms with Crippen molar-refractivity contribution in [1.82, 2.24) is 14.7 Å². The average Bonchev–Trinajstić information content (AvgIpc) is 3.27. The topological polar surface area (TPSA) is 121 Å². The van der Waals surface area contributed by atoms with Gasteiger partial charge in [0.25, 0.3) is 5.56 Å². The van der Waals surface area contributed by atoms with Gasteiger partial charge in [0, 0.05) is 28.5 Å². The third-order valence-electron chi connectivity index (χ3n) is 4.32. The maximum Gasteiger partial charge on any atom is 0.340 e. The van der Waals surface area contributed by atoms with E-state index in [1.54, 1.807) is 6.92 Å². The van der Waals surface area contributed by atoms with E-state index in [2.05, 4.69) is 14.7 Å². The molecule has 1 aliphatic rings. The van der Waals surface area contributed by atoms with Crippen LogP contribution in [0.1, 0.15) is 30.1 Å². The number of sulfonamides is 1. The summed E-state index contributed by atoms with van der Waals surface area (Å²) in [6.45, 7) is 1.88. The fourth-order valence-electron chi connectivity index (χ4n) is 2.93. The van der Waals surface area contributed by atoms with Crippen LogP contribution in [-0.2, 0) is 14.8 Å². The Balaban J connectivity index is 1.97. The van der Waals surface area contributed by atoms with Gasteiger partial charge in [-0.1, -0.05) is 0 Å². The summed E-state index contributed by atoms with van der Waals surface area (Å²) in [4.78, 5) is 30.0. The zero-order chi connectivity index (χ0) is 18.5. The van der Waals surface area contributed by atoms with E-state index in [0.717, 1.165) is 12.8 Å². The molecule has 2 aromatic heterocycles. The number of aromatic nitrogens is 2. The number of fused-ring (bicyclic) bond motifs is 3. The number of carbonyl (C=O) groups excluding carboxylic acids is 1. The van der Waals surface area contributed by atoms with E-state index in [-0.39, 0.29) is 28.6 Å². The molecular weight excluding hydrogens is 358 g/mol. The lowest BCUT2D eigenvalue weighted by molar-refractivity contribution is 0.0529. The first-order valence-corrected chi connectivity index (χ1v) is 9.75. The maximum atomic E-state index is 12.5. The van der Waals surface area contributed by atoms with Crippen LogP contribution in [0.15, 0.2) is 34.1 Å². The second-order valence-electron chi connectivity index (χ2n) is 6.23. The van der Waals surface area contributed by atoms with Crippen molar-refractivity contribution >= 4 is 37.8 Å². The molecule has 1 fully saturated rings. The van der Waals surface area contributed by atoms with Crippen LogP contribution in [0.2, 0.25) is 0 Å². The number of rotatable bonds is 5. The average molecular weight is 375 g/mol. The first-order chi connectivity index (χ1) is 12.4. The number of esters is 1. The fourth-order valence-corrected chi connectivity index (χ4v) is 4.26. The summed E-state index contributed by atoms with van der Waals surface area (Å²) in [6, 6.07) is 4.41. The predicted octanol–water partition coefficient (Wildman–Crippen LogP) is 1.63. The smallest absolute Gasteiger partial charge is 0.340 e. The van der Waals surface area contributed by atoms with Gasteiger partial charge in [-0.05, 0) is 38.0 Å². The largest absolute Gasteiger partial charge is 0.462 e. The summed E-state index contributed by atoms with van der Waals surface area (Å²) in [6.07, 6.45) is 3.06. The number of benzene rings is 1. The first-order valence-electron chi connectivity index (χ1n) is 8.27. The Hall–Kier alpha value is -2.65. The van der Waals surface area contributed by atoms with Crippen molar-refractivity contribution in [2.24, 2.45) is 0 Å². The van der Waals surface area contributed by atoms with Gasteiger partial charge in [-0.25, -0.2) is 17.9 Å². The Morgan fingerprint density at radius 2 is 2.12 bits per heavy atom. The molecule has 26 heavy (non-hydrogen) atoms. The molecule has 0 amide bonds. The quantitative estimate of drug-likeness (QED) is 0.585. The molecule has 0 saturated heterocycles. The number of H-pyrrole nitrogens is 2. The van der Waals surface area contributed by atoms with Crippen LogP contribution in [0.5, 0.6) is 0 Å². The molecule has 0 radical (unpaired) electrons. The molecule has 1 aliphatic carbocycles. The van der Waals surface area contributed by atoms with Crippen LogP contribution < -0.4 is 10.3 Å². The first kappa shape index (κ1) is 16.8.